The van der Waals surface area contributed by atoms with Gasteiger partial charge in [0.25, 0.3) is 0 Å². The predicted molar refractivity (Wildman–Crippen MR) is 66.1 cm³/mol. The lowest BCUT2D eigenvalue weighted by Crippen LogP contribution is -2.45. The quantitative estimate of drug-likeness (QED) is 0.689. The monoisotopic (exact) mass is 226 g/mol. The lowest BCUT2D eigenvalue weighted by atomic mass is 9.62. The predicted octanol–water partition coefficient (Wildman–Crippen LogP) is 3.03. The lowest BCUT2D eigenvalue weighted by molar-refractivity contribution is -0.138. The van der Waals surface area contributed by atoms with E-state index in [1.807, 2.05) is 0 Å². The summed E-state index contributed by atoms with van der Waals surface area (Å²) >= 11 is 0. The molecular formula is C14H26O2. The van der Waals surface area contributed by atoms with Gasteiger partial charge in [-0.25, -0.2) is 0 Å². The first-order valence-electron chi connectivity index (χ1n) is 6.24. The van der Waals surface area contributed by atoms with Crippen molar-refractivity contribution in [2.45, 2.75) is 60.5 Å². The van der Waals surface area contributed by atoms with E-state index in [0.717, 1.165) is 0 Å². The molecule has 0 unspecified atom stereocenters. The first-order valence-corrected chi connectivity index (χ1v) is 6.24. The molecular weight excluding hydrogens is 200 g/mol. The summed E-state index contributed by atoms with van der Waals surface area (Å²) in [4.78, 5) is 12.1. The molecule has 0 radical (unpaired) electrons. The van der Waals surface area contributed by atoms with Crippen molar-refractivity contribution in [3.63, 3.8) is 0 Å². The molecule has 1 rings (SSSR count). The normalized spacial score (nSPS) is 32.9. The van der Waals surface area contributed by atoms with Crippen LogP contribution in [-0.4, -0.2) is 17.0 Å². The third kappa shape index (κ3) is 2.85. The second-order valence-electron chi connectivity index (χ2n) is 7.36. The summed E-state index contributed by atoms with van der Waals surface area (Å²) in [5.74, 6) is 0.456. The molecule has 0 aromatic heterocycles. The van der Waals surface area contributed by atoms with Crippen molar-refractivity contribution in [2.24, 2.45) is 22.7 Å². The van der Waals surface area contributed by atoms with Crippen LogP contribution in [0.25, 0.3) is 0 Å². The number of carbonyl (C=O) groups excluding carboxylic acids is 1. The molecule has 0 aliphatic heterocycles. The molecule has 1 aliphatic carbocycles. The van der Waals surface area contributed by atoms with E-state index in [1.54, 1.807) is 0 Å². The minimum atomic E-state index is -0.332. The van der Waals surface area contributed by atoms with Crippen molar-refractivity contribution in [1.29, 1.82) is 0 Å². The Morgan fingerprint density at radius 2 is 1.56 bits per heavy atom. The van der Waals surface area contributed by atoms with Crippen LogP contribution in [0.5, 0.6) is 0 Å². The van der Waals surface area contributed by atoms with Gasteiger partial charge < -0.3 is 5.11 Å². The van der Waals surface area contributed by atoms with Crippen molar-refractivity contribution >= 4 is 5.78 Å². The second kappa shape index (κ2) is 4.14. The SMILES string of the molecule is CC(C)(C)[C@@H]1CC(=O)[C@@H](C(C)(C)C)C[C@H]1O. The molecule has 2 nitrogen and oxygen atoms in total. The second-order valence-corrected chi connectivity index (χ2v) is 7.36. The van der Waals surface area contributed by atoms with Crippen LogP contribution in [0.2, 0.25) is 0 Å². The Balaban J connectivity index is 2.83. The van der Waals surface area contributed by atoms with E-state index in [9.17, 15) is 9.90 Å². The molecule has 16 heavy (non-hydrogen) atoms. The highest BCUT2D eigenvalue weighted by atomic mass is 16.3. The highest BCUT2D eigenvalue weighted by molar-refractivity contribution is 5.83. The van der Waals surface area contributed by atoms with Gasteiger partial charge >= 0.3 is 0 Å². The maximum absolute atomic E-state index is 12.1. The van der Waals surface area contributed by atoms with Crippen LogP contribution >= 0.6 is 0 Å². The van der Waals surface area contributed by atoms with Gasteiger partial charge in [-0.3, -0.25) is 4.79 Å². The lowest BCUT2D eigenvalue weighted by Gasteiger charge is -2.43. The highest BCUT2D eigenvalue weighted by Gasteiger charge is 2.44. The Hall–Kier alpha value is -0.370. The van der Waals surface area contributed by atoms with Crippen LogP contribution in [-0.2, 0) is 4.79 Å². The molecule has 0 amide bonds. The molecule has 1 N–H and O–H groups in total. The summed E-state index contributed by atoms with van der Waals surface area (Å²) in [5.41, 5.74) is -0.0150. The number of hydrogen-bond acceptors (Lipinski definition) is 2. The van der Waals surface area contributed by atoms with Crippen LogP contribution in [0.15, 0.2) is 0 Å². The van der Waals surface area contributed by atoms with Gasteiger partial charge in [0.1, 0.15) is 5.78 Å². The Bertz CT molecular complexity index is 267. The van der Waals surface area contributed by atoms with Crippen molar-refractivity contribution in [2.75, 3.05) is 0 Å². The molecule has 1 aliphatic rings. The molecule has 0 spiro atoms. The van der Waals surface area contributed by atoms with Crippen LogP contribution < -0.4 is 0 Å². The van der Waals surface area contributed by atoms with Gasteiger partial charge in [-0.15, -0.1) is 0 Å². The van der Waals surface area contributed by atoms with E-state index in [4.69, 9.17) is 0 Å². The third-order valence-electron chi connectivity index (χ3n) is 3.91. The first-order chi connectivity index (χ1) is 7.03. The van der Waals surface area contributed by atoms with Crippen molar-refractivity contribution in [1.82, 2.24) is 0 Å². The molecule has 0 saturated heterocycles. The van der Waals surface area contributed by atoms with Gasteiger partial charge in [-0.2, -0.15) is 0 Å². The zero-order chi connectivity index (χ0) is 12.7. The number of hydrogen-bond donors (Lipinski definition) is 1. The summed E-state index contributed by atoms with van der Waals surface area (Å²) in [5, 5.41) is 10.2. The van der Waals surface area contributed by atoms with Crippen LogP contribution in [0.3, 0.4) is 0 Å². The van der Waals surface area contributed by atoms with Crippen molar-refractivity contribution in [3.8, 4) is 0 Å². The molecule has 2 heteroatoms. The van der Waals surface area contributed by atoms with Gasteiger partial charge in [0, 0.05) is 12.3 Å². The zero-order valence-corrected chi connectivity index (χ0v) is 11.5. The summed E-state index contributed by atoms with van der Waals surface area (Å²) < 4.78 is 0. The maximum Gasteiger partial charge on any atom is 0.136 e. The van der Waals surface area contributed by atoms with E-state index in [1.165, 1.54) is 0 Å². The van der Waals surface area contributed by atoms with Crippen molar-refractivity contribution < 1.29 is 9.90 Å². The molecule has 0 bridgehead atoms. The maximum atomic E-state index is 12.1. The summed E-state index contributed by atoms with van der Waals surface area (Å²) in [6, 6.07) is 0. The molecule has 3 atom stereocenters. The van der Waals surface area contributed by atoms with E-state index < -0.39 is 0 Å². The van der Waals surface area contributed by atoms with E-state index in [0.29, 0.717) is 18.6 Å². The molecule has 0 aromatic carbocycles. The van der Waals surface area contributed by atoms with Gasteiger partial charge in [0.05, 0.1) is 6.10 Å². The van der Waals surface area contributed by atoms with Gasteiger partial charge in [0.15, 0.2) is 0 Å². The minimum Gasteiger partial charge on any atom is -0.393 e. The molecule has 1 saturated carbocycles. The third-order valence-corrected chi connectivity index (χ3v) is 3.91. The number of aliphatic hydroxyl groups excluding tert-OH is 1. The highest BCUT2D eigenvalue weighted by Crippen LogP contribution is 2.43. The van der Waals surface area contributed by atoms with E-state index in [2.05, 4.69) is 41.5 Å². The summed E-state index contributed by atoms with van der Waals surface area (Å²) in [6.45, 7) is 12.6. The number of aliphatic hydroxyl groups is 1. The largest absolute Gasteiger partial charge is 0.393 e. The van der Waals surface area contributed by atoms with Gasteiger partial charge in [-0.05, 0) is 23.2 Å². The van der Waals surface area contributed by atoms with Gasteiger partial charge in [-0.1, -0.05) is 41.5 Å². The summed E-state index contributed by atoms with van der Waals surface area (Å²) in [7, 11) is 0. The fraction of sp³-hybridized carbons (Fsp3) is 0.929. The zero-order valence-electron chi connectivity index (χ0n) is 11.5. The molecule has 1 fully saturated rings. The Morgan fingerprint density at radius 3 is 1.94 bits per heavy atom. The molecule has 0 aromatic rings. The Labute approximate surface area is 99.4 Å². The number of ketones is 1. The topological polar surface area (TPSA) is 37.3 Å². The molecule has 0 heterocycles. The fourth-order valence-corrected chi connectivity index (χ4v) is 2.75. The average molecular weight is 226 g/mol. The standard InChI is InChI=1S/C14H26O2/c1-13(2,3)9-7-12(16)10(8-11(9)15)14(4,5)6/h9-11,15H,7-8H2,1-6H3/t9-,10+,11-/m1/s1. The molecule has 94 valence electrons. The fourth-order valence-electron chi connectivity index (χ4n) is 2.75. The number of carbonyl (C=O) groups is 1. The van der Waals surface area contributed by atoms with Crippen LogP contribution in [0.1, 0.15) is 54.4 Å². The van der Waals surface area contributed by atoms with Gasteiger partial charge in [0.2, 0.25) is 0 Å². The average Bonchev–Trinajstić information content (AvgIpc) is 2.04. The first kappa shape index (κ1) is 13.7. The number of Topliss-reactive ketones (excluding diaryl/α,β-unsaturated/α-hetero) is 1. The number of rotatable bonds is 0. The van der Waals surface area contributed by atoms with E-state index >= 15 is 0 Å². The summed E-state index contributed by atoms with van der Waals surface area (Å²) in [6.07, 6.45) is 0.832. The Morgan fingerprint density at radius 1 is 1.06 bits per heavy atom. The minimum absolute atomic E-state index is 0.0118. The van der Waals surface area contributed by atoms with E-state index in [-0.39, 0.29) is 28.8 Å². The van der Waals surface area contributed by atoms with Crippen LogP contribution in [0, 0.1) is 22.7 Å². The Kier molecular flexibility index (Phi) is 3.54. The van der Waals surface area contributed by atoms with Crippen LogP contribution in [0.4, 0.5) is 0 Å². The van der Waals surface area contributed by atoms with Crippen molar-refractivity contribution in [3.05, 3.63) is 0 Å². The smallest absolute Gasteiger partial charge is 0.136 e.